The van der Waals surface area contributed by atoms with Gasteiger partial charge >= 0.3 is 0 Å². The van der Waals surface area contributed by atoms with Crippen molar-refractivity contribution in [3.8, 4) is 0 Å². The van der Waals surface area contributed by atoms with E-state index >= 15 is 0 Å². The molecular weight excluding hydrogens is 219 g/mol. The Balaban J connectivity index is 1.99. The van der Waals surface area contributed by atoms with Gasteiger partial charge in [-0.2, -0.15) is 0 Å². The van der Waals surface area contributed by atoms with Crippen molar-refractivity contribution in [1.82, 2.24) is 0 Å². The Hall–Kier alpha value is -0.930. The molecule has 3 heteroatoms. The molecule has 1 fully saturated rings. The number of hydrogen-bond donors (Lipinski definition) is 1. The van der Waals surface area contributed by atoms with Gasteiger partial charge in [0.1, 0.15) is 5.82 Å². The summed E-state index contributed by atoms with van der Waals surface area (Å²) in [7, 11) is 0. The molecule has 2 atom stereocenters. The highest BCUT2D eigenvalue weighted by atomic mass is 19.1. The van der Waals surface area contributed by atoms with Gasteiger partial charge in [-0.05, 0) is 49.4 Å². The number of hydrogen-bond acceptors (Lipinski definition) is 2. The summed E-state index contributed by atoms with van der Waals surface area (Å²) in [5, 5.41) is 10.1. The third kappa shape index (κ3) is 3.27. The van der Waals surface area contributed by atoms with E-state index < -0.39 is 0 Å². The Morgan fingerprint density at radius 3 is 3.00 bits per heavy atom. The smallest absolute Gasteiger partial charge is 0.123 e. The molecule has 0 saturated carbocycles. The second-order valence-electron chi connectivity index (χ2n) is 4.82. The van der Waals surface area contributed by atoms with E-state index in [4.69, 9.17) is 4.74 Å². The van der Waals surface area contributed by atoms with Crippen LogP contribution in [0.4, 0.5) is 4.39 Å². The summed E-state index contributed by atoms with van der Waals surface area (Å²) in [6.07, 6.45) is 2.23. The fourth-order valence-electron chi connectivity index (χ4n) is 2.35. The topological polar surface area (TPSA) is 29.5 Å². The molecule has 2 unspecified atom stereocenters. The molecule has 0 bridgehead atoms. The second kappa shape index (κ2) is 5.61. The maximum atomic E-state index is 13.0. The van der Waals surface area contributed by atoms with E-state index in [1.165, 1.54) is 12.1 Å². The average Bonchev–Trinajstić information content (AvgIpc) is 2.34. The van der Waals surface area contributed by atoms with E-state index in [0.717, 1.165) is 30.6 Å². The summed E-state index contributed by atoms with van der Waals surface area (Å²) in [5.74, 6) is -0.00468. The van der Waals surface area contributed by atoms with Gasteiger partial charge in [0, 0.05) is 12.5 Å². The van der Waals surface area contributed by atoms with Crippen LogP contribution in [-0.2, 0) is 11.2 Å². The van der Waals surface area contributed by atoms with Crippen LogP contribution >= 0.6 is 0 Å². The minimum absolute atomic E-state index is 0.216. The van der Waals surface area contributed by atoms with Gasteiger partial charge in [0.25, 0.3) is 0 Å². The third-order valence-electron chi connectivity index (χ3n) is 3.47. The standard InChI is InChI=1S/C14H19FO2/c1-10-7-13(15)5-4-11(10)8-14(16)12-3-2-6-17-9-12/h4-5,7,12,14,16H,2-3,6,8-9H2,1H3. The van der Waals surface area contributed by atoms with Crippen LogP contribution < -0.4 is 0 Å². The Labute approximate surface area is 101 Å². The van der Waals surface area contributed by atoms with Crippen LogP contribution in [0.1, 0.15) is 24.0 Å². The van der Waals surface area contributed by atoms with Crippen LogP contribution in [0.5, 0.6) is 0 Å². The molecule has 1 aliphatic rings. The van der Waals surface area contributed by atoms with Crippen molar-refractivity contribution in [3.05, 3.63) is 35.1 Å². The van der Waals surface area contributed by atoms with Crippen molar-refractivity contribution in [3.63, 3.8) is 0 Å². The SMILES string of the molecule is Cc1cc(F)ccc1CC(O)C1CCCOC1. The van der Waals surface area contributed by atoms with Crippen molar-refractivity contribution in [2.24, 2.45) is 5.92 Å². The molecule has 17 heavy (non-hydrogen) atoms. The van der Waals surface area contributed by atoms with E-state index in [0.29, 0.717) is 13.0 Å². The molecule has 0 radical (unpaired) electrons. The number of aliphatic hydroxyl groups excluding tert-OH is 1. The first-order valence-electron chi connectivity index (χ1n) is 6.17. The number of halogens is 1. The summed E-state index contributed by atoms with van der Waals surface area (Å²) in [6.45, 7) is 3.32. The lowest BCUT2D eigenvalue weighted by Crippen LogP contribution is -2.30. The molecule has 2 rings (SSSR count). The van der Waals surface area contributed by atoms with Gasteiger partial charge in [0.05, 0.1) is 12.7 Å². The first-order valence-corrected chi connectivity index (χ1v) is 6.17. The first kappa shape index (κ1) is 12.5. The fourth-order valence-corrected chi connectivity index (χ4v) is 2.35. The number of rotatable bonds is 3. The first-order chi connectivity index (χ1) is 8.16. The van der Waals surface area contributed by atoms with Gasteiger partial charge in [0.15, 0.2) is 0 Å². The highest BCUT2D eigenvalue weighted by Crippen LogP contribution is 2.21. The molecule has 1 aliphatic heterocycles. The van der Waals surface area contributed by atoms with Gasteiger partial charge < -0.3 is 9.84 Å². The summed E-state index contributed by atoms with van der Waals surface area (Å²) >= 11 is 0. The highest BCUT2D eigenvalue weighted by molar-refractivity contribution is 5.27. The lowest BCUT2D eigenvalue weighted by molar-refractivity contribution is -0.00852. The molecule has 1 aromatic carbocycles. The van der Waals surface area contributed by atoms with E-state index in [9.17, 15) is 9.50 Å². The summed E-state index contributed by atoms with van der Waals surface area (Å²) < 4.78 is 18.3. The molecule has 1 aromatic rings. The molecule has 0 amide bonds. The predicted octanol–water partition coefficient (Wildman–Crippen LogP) is 2.46. The normalized spacial score (nSPS) is 22.4. The number of aliphatic hydroxyl groups is 1. The maximum absolute atomic E-state index is 13.0. The zero-order valence-corrected chi connectivity index (χ0v) is 10.2. The van der Waals surface area contributed by atoms with Crippen LogP contribution in [0.2, 0.25) is 0 Å². The van der Waals surface area contributed by atoms with E-state index in [1.54, 1.807) is 6.07 Å². The number of ether oxygens (including phenoxy) is 1. The van der Waals surface area contributed by atoms with Crippen molar-refractivity contribution in [1.29, 1.82) is 0 Å². The Kier molecular flexibility index (Phi) is 4.13. The van der Waals surface area contributed by atoms with Crippen molar-refractivity contribution in [2.45, 2.75) is 32.3 Å². The lowest BCUT2D eigenvalue weighted by atomic mass is 9.90. The van der Waals surface area contributed by atoms with E-state index in [-0.39, 0.29) is 17.8 Å². The average molecular weight is 238 g/mol. The van der Waals surface area contributed by atoms with Crippen LogP contribution in [-0.4, -0.2) is 24.4 Å². The third-order valence-corrected chi connectivity index (χ3v) is 3.47. The predicted molar refractivity (Wildman–Crippen MR) is 64.4 cm³/mol. The summed E-state index contributed by atoms with van der Waals surface area (Å²) in [6, 6.07) is 4.73. The molecule has 1 heterocycles. The van der Waals surface area contributed by atoms with Gasteiger partial charge in [-0.3, -0.25) is 0 Å². The van der Waals surface area contributed by atoms with E-state index in [1.807, 2.05) is 6.92 Å². The Morgan fingerprint density at radius 2 is 2.35 bits per heavy atom. The van der Waals surface area contributed by atoms with Gasteiger partial charge in [-0.1, -0.05) is 6.07 Å². The summed E-state index contributed by atoms with van der Waals surface area (Å²) in [5.41, 5.74) is 1.92. The van der Waals surface area contributed by atoms with Gasteiger partial charge in [0.2, 0.25) is 0 Å². The molecular formula is C14H19FO2. The minimum atomic E-state index is -0.389. The highest BCUT2D eigenvalue weighted by Gasteiger charge is 2.22. The molecule has 0 aliphatic carbocycles. The maximum Gasteiger partial charge on any atom is 0.123 e. The largest absolute Gasteiger partial charge is 0.392 e. The Bertz CT molecular complexity index is 372. The Morgan fingerprint density at radius 1 is 1.53 bits per heavy atom. The monoisotopic (exact) mass is 238 g/mol. The van der Waals surface area contributed by atoms with Crippen molar-refractivity contribution >= 4 is 0 Å². The molecule has 1 N–H and O–H groups in total. The van der Waals surface area contributed by atoms with E-state index in [2.05, 4.69) is 0 Å². The molecule has 94 valence electrons. The van der Waals surface area contributed by atoms with Crippen LogP contribution in [0.15, 0.2) is 18.2 Å². The van der Waals surface area contributed by atoms with Gasteiger partial charge in [-0.15, -0.1) is 0 Å². The van der Waals surface area contributed by atoms with Crippen LogP contribution in [0.3, 0.4) is 0 Å². The van der Waals surface area contributed by atoms with Gasteiger partial charge in [-0.25, -0.2) is 4.39 Å². The molecule has 2 nitrogen and oxygen atoms in total. The minimum Gasteiger partial charge on any atom is -0.392 e. The molecule has 0 aromatic heterocycles. The zero-order chi connectivity index (χ0) is 12.3. The summed E-state index contributed by atoms with van der Waals surface area (Å²) in [4.78, 5) is 0. The second-order valence-corrected chi connectivity index (χ2v) is 4.82. The number of benzene rings is 1. The quantitative estimate of drug-likeness (QED) is 0.876. The number of aryl methyl sites for hydroxylation is 1. The van der Waals surface area contributed by atoms with Crippen LogP contribution in [0.25, 0.3) is 0 Å². The fraction of sp³-hybridized carbons (Fsp3) is 0.571. The zero-order valence-electron chi connectivity index (χ0n) is 10.2. The van der Waals surface area contributed by atoms with Crippen molar-refractivity contribution < 1.29 is 14.2 Å². The van der Waals surface area contributed by atoms with Crippen molar-refractivity contribution in [2.75, 3.05) is 13.2 Å². The van der Waals surface area contributed by atoms with Crippen LogP contribution in [0, 0.1) is 18.7 Å². The molecule has 1 saturated heterocycles. The lowest BCUT2D eigenvalue weighted by Gasteiger charge is -2.27. The molecule has 0 spiro atoms.